The third-order valence-electron chi connectivity index (χ3n) is 3.90. The Hall–Kier alpha value is -2.32. The van der Waals surface area contributed by atoms with Crippen molar-refractivity contribution in [1.29, 1.82) is 0 Å². The maximum atomic E-state index is 12.8. The summed E-state index contributed by atoms with van der Waals surface area (Å²) >= 11 is 6.81. The molecule has 0 radical (unpaired) electrons. The lowest BCUT2D eigenvalue weighted by atomic mass is 10.2. The number of nitrogens with one attached hydrogen (secondary N) is 2. The minimum absolute atomic E-state index is 0.180. The molecule has 0 saturated heterocycles. The van der Waals surface area contributed by atoms with Gasteiger partial charge in [0.25, 0.3) is 11.5 Å². The number of amides is 1. The van der Waals surface area contributed by atoms with E-state index in [1.54, 1.807) is 29.7 Å². The second kappa shape index (κ2) is 5.39. The second-order valence-electron chi connectivity index (χ2n) is 5.31. The van der Waals surface area contributed by atoms with Crippen molar-refractivity contribution in [1.82, 2.24) is 14.6 Å². The monoisotopic (exact) mass is 344 g/mol. The average molecular weight is 344 g/mol. The number of nitrogens with zero attached hydrogens (tertiary/aromatic N) is 2. The molecule has 0 unspecified atom stereocenters. The number of carbonyl (C=O) groups excluding carboxylic acids is 1. The van der Waals surface area contributed by atoms with Crippen LogP contribution in [0.5, 0.6) is 0 Å². The Bertz CT molecular complexity index is 1030. The lowest BCUT2D eigenvalue weighted by molar-refractivity contribution is 0.101. The lowest BCUT2D eigenvalue weighted by Crippen LogP contribution is -2.34. The molecule has 0 bridgehead atoms. The number of hydrogen-bond donors (Lipinski definition) is 2. The lowest BCUT2D eigenvalue weighted by Gasteiger charge is -2.08. The van der Waals surface area contributed by atoms with Crippen LogP contribution in [0.3, 0.4) is 0 Å². The van der Waals surface area contributed by atoms with Crippen molar-refractivity contribution in [2.45, 2.75) is 19.3 Å². The first-order chi connectivity index (χ1) is 11.1. The van der Waals surface area contributed by atoms with E-state index in [1.165, 1.54) is 11.1 Å². The Labute approximate surface area is 139 Å². The van der Waals surface area contributed by atoms with E-state index in [0.717, 1.165) is 34.3 Å². The third-order valence-corrected chi connectivity index (χ3v) is 5.39. The molecule has 1 aliphatic rings. The molecule has 6 nitrogen and oxygen atoms in total. The summed E-state index contributed by atoms with van der Waals surface area (Å²) in [4.78, 5) is 34.0. The van der Waals surface area contributed by atoms with Gasteiger partial charge in [0.2, 0.25) is 4.77 Å². The Balaban J connectivity index is 1.83. The van der Waals surface area contributed by atoms with Gasteiger partial charge in [-0.25, -0.2) is 0 Å². The molecule has 1 aliphatic carbocycles. The van der Waals surface area contributed by atoms with Crippen LogP contribution in [0.4, 0.5) is 0 Å². The number of aromatic amines is 1. The SMILES string of the molecule is O=C(Nn1c(=S)[nH]c2sc3c(c2c1=O)CCC3)c1cccnc1. The number of aromatic nitrogens is 3. The molecule has 3 aromatic heterocycles. The minimum atomic E-state index is -0.425. The van der Waals surface area contributed by atoms with E-state index >= 15 is 0 Å². The fraction of sp³-hybridized carbons (Fsp3) is 0.200. The number of thiophene rings is 1. The molecule has 0 fully saturated rings. The first-order valence-electron chi connectivity index (χ1n) is 7.16. The Morgan fingerprint density at radius 2 is 2.30 bits per heavy atom. The molecule has 3 heterocycles. The van der Waals surface area contributed by atoms with Crippen molar-refractivity contribution >= 4 is 39.7 Å². The fourth-order valence-corrected chi connectivity index (χ4v) is 4.42. The Morgan fingerprint density at radius 1 is 1.43 bits per heavy atom. The van der Waals surface area contributed by atoms with Crippen LogP contribution in [0.25, 0.3) is 10.2 Å². The number of H-pyrrole nitrogens is 1. The van der Waals surface area contributed by atoms with Crippen LogP contribution >= 0.6 is 23.6 Å². The predicted octanol–water partition coefficient (Wildman–Crippen LogP) is 2.39. The second-order valence-corrected chi connectivity index (χ2v) is 6.81. The van der Waals surface area contributed by atoms with Crippen LogP contribution in [0.2, 0.25) is 0 Å². The smallest absolute Gasteiger partial charge is 0.282 e. The van der Waals surface area contributed by atoms with Crippen molar-refractivity contribution < 1.29 is 4.79 Å². The molecule has 1 amide bonds. The first-order valence-corrected chi connectivity index (χ1v) is 8.38. The number of carbonyl (C=O) groups is 1. The molecule has 8 heteroatoms. The zero-order valence-electron chi connectivity index (χ0n) is 12.0. The van der Waals surface area contributed by atoms with Crippen molar-refractivity contribution in [3.8, 4) is 0 Å². The molecule has 0 aromatic carbocycles. The molecular formula is C15H12N4O2S2. The summed E-state index contributed by atoms with van der Waals surface area (Å²) in [7, 11) is 0. The average Bonchev–Trinajstić information content (AvgIpc) is 3.12. The molecule has 2 N–H and O–H groups in total. The summed E-state index contributed by atoms with van der Waals surface area (Å²) in [6.45, 7) is 0. The van der Waals surface area contributed by atoms with Crippen LogP contribution in [-0.4, -0.2) is 20.6 Å². The van der Waals surface area contributed by atoms with E-state index in [4.69, 9.17) is 12.2 Å². The van der Waals surface area contributed by atoms with Crippen LogP contribution in [0, 0.1) is 4.77 Å². The summed E-state index contributed by atoms with van der Waals surface area (Å²) < 4.78 is 1.29. The molecule has 0 atom stereocenters. The van der Waals surface area contributed by atoms with E-state index in [9.17, 15) is 9.59 Å². The van der Waals surface area contributed by atoms with E-state index in [0.29, 0.717) is 10.9 Å². The van der Waals surface area contributed by atoms with E-state index < -0.39 is 5.91 Å². The number of pyridine rings is 1. The molecule has 23 heavy (non-hydrogen) atoms. The minimum Gasteiger partial charge on any atom is -0.322 e. The fourth-order valence-electron chi connectivity index (χ4n) is 2.84. The van der Waals surface area contributed by atoms with Gasteiger partial charge in [-0.05, 0) is 49.2 Å². The molecule has 0 spiro atoms. The topological polar surface area (TPSA) is 79.8 Å². The van der Waals surface area contributed by atoms with Crippen LogP contribution in [0.15, 0.2) is 29.3 Å². The normalized spacial score (nSPS) is 13.2. The third kappa shape index (κ3) is 2.30. The van der Waals surface area contributed by atoms with Crippen molar-refractivity contribution in [2.75, 3.05) is 5.43 Å². The molecule has 0 aliphatic heterocycles. The maximum absolute atomic E-state index is 12.8. The van der Waals surface area contributed by atoms with Crippen LogP contribution < -0.4 is 11.0 Å². The molecule has 0 saturated carbocycles. The van der Waals surface area contributed by atoms with Gasteiger partial charge in [0.1, 0.15) is 4.83 Å². The van der Waals surface area contributed by atoms with Gasteiger partial charge in [0, 0.05) is 17.3 Å². The largest absolute Gasteiger partial charge is 0.322 e. The van der Waals surface area contributed by atoms with E-state index in [2.05, 4.69) is 15.4 Å². The Morgan fingerprint density at radius 3 is 3.09 bits per heavy atom. The van der Waals surface area contributed by atoms with Gasteiger partial charge in [0.05, 0.1) is 10.9 Å². The number of aryl methyl sites for hydroxylation is 2. The summed E-state index contributed by atoms with van der Waals surface area (Å²) in [5, 5.41) is 0.641. The van der Waals surface area contributed by atoms with Crippen molar-refractivity contribution in [2.24, 2.45) is 0 Å². The van der Waals surface area contributed by atoms with Gasteiger partial charge in [-0.3, -0.25) is 20.0 Å². The van der Waals surface area contributed by atoms with Gasteiger partial charge in [0.15, 0.2) is 0 Å². The van der Waals surface area contributed by atoms with E-state index in [1.807, 2.05) is 0 Å². The predicted molar refractivity (Wildman–Crippen MR) is 91.2 cm³/mol. The molecule has 3 aromatic rings. The zero-order valence-corrected chi connectivity index (χ0v) is 13.6. The quantitative estimate of drug-likeness (QED) is 0.700. The van der Waals surface area contributed by atoms with Gasteiger partial charge in [-0.15, -0.1) is 11.3 Å². The number of fused-ring (bicyclic) bond motifs is 3. The highest BCUT2D eigenvalue weighted by atomic mass is 32.1. The van der Waals surface area contributed by atoms with E-state index in [-0.39, 0.29) is 10.3 Å². The van der Waals surface area contributed by atoms with Gasteiger partial charge in [-0.2, -0.15) is 4.68 Å². The Kier molecular flexibility index (Phi) is 3.35. The molecule has 4 rings (SSSR count). The van der Waals surface area contributed by atoms with Crippen molar-refractivity contribution in [3.05, 3.63) is 55.7 Å². The van der Waals surface area contributed by atoms with Crippen LogP contribution in [-0.2, 0) is 12.8 Å². The highest BCUT2D eigenvalue weighted by Crippen LogP contribution is 2.34. The van der Waals surface area contributed by atoms with Gasteiger partial charge < -0.3 is 4.98 Å². The molecular weight excluding hydrogens is 332 g/mol. The standard InChI is InChI=1S/C15H12N4O2S2/c20-12(8-3-2-6-16-7-8)18-19-14(21)11-9-4-1-5-10(9)23-13(11)17-15(19)22/h2-3,6-7H,1,4-5H2,(H,17,22)(H,18,20). The summed E-state index contributed by atoms with van der Waals surface area (Å²) in [5.41, 5.74) is 3.74. The van der Waals surface area contributed by atoms with Crippen molar-refractivity contribution in [3.63, 3.8) is 0 Å². The number of hydrogen-bond acceptors (Lipinski definition) is 5. The highest BCUT2D eigenvalue weighted by molar-refractivity contribution is 7.71. The highest BCUT2D eigenvalue weighted by Gasteiger charge is 2.22. The molecule has 116 valence electrons. The van der Waals surface area contributed by atoms with Gasteiger partial charge >= 0.3 is 0 Å². The van der Waals surface area contributed by atoms with Gasteiger partial charge in [-0.1, -0.05) is 0 Å². The summed E-state index contributed by atoms with van der Waals surface area (Å²) in [6, 6.07) is 3.29. The zero-order chi connectivity index (χ0) is 16.0. The maximum Gasteiger partial charge on any atom is 0.282 e. The first kappa shape index (κ1) is 14.3. The summed E-state index contributed by atoms with van der Waals surface area (Å²) in [5.74, 6) is -0.425. The number of rotatable bonds is 2. The van der Waals surface area contributed by atoms with Crippen LogP contribution in [0.1, 0.15) is 27.2 Å². The summed E-state index contributed by atoms with van der Waals surface area (Å²) in [6.07, 6.45) is 5.97.